The normalized spacial score (nSPS) is 21.6. The zero-order chi connectivity index (χ0) is 13.5. The third kappa shape index (κ3) is 2.14. The van der Waals surface area contributed by atoms with Gasteiger partial charge in [0, 0.05) is 5.39 Å². The number of likely N-dealkylation sites (tertiary alicyclic amines) is 1. The smallest absolute Gasteiger partial charge is 0.0656 e. The number of nitrogens with one attached hydrogen (secondary N) is 1. The Bertz CT molecular complexity index is 604. The average Bonchev–Trinajstić information content (AvgIpc) is 3.24. The summed E-state index contributed by atoms with van der Waals surface area (Å²) in [6, 6.07) is 4.81. The molecule has 0 spiro atoms. The van der Waals surface area contributed by atoms with E-state index in [-0.39, 0.29) is 0 Å². The molecule has 1 aromatic heterocycles. The Balaban J connectivity index is 1.69. The maximum Gasteiger partial charge on any atom is 0.0656 e. The van der Waals surface area contributed by atoms with Gasteiger partial charge in [-0.05, 0) is 74.3 Å². The largest absolute Gasteiger partial charge is 0.304 e. The Kier molecular flexibility index (Phi) is 3.03. The summed E-state index contributed by atoms with van der Waals surface area (Å²) in [6.07, 6.45) is 7.35. The van der Waals surface area contributed by atoms with Crippen LogP contribution in [0.5, 0.6) is 0 Å². The molecule has 2 heterocycles. The highest BCUT2D eigenvalue weighted by Gasteiger charge is 2.27. The Labute approximate surface area is 120 Å². The predicted octanol–water partition coefficient (Wildman–Crippen LogP) is 3.64. The van der Waals surface area contributed by atoms with E-state index in [1.54, 1.807) is 5.56 Å². The third-order valence-corrected chi connectivity index (χ3v) is 5.14. The zero-order valence-electron chi connectivity index (χ0n) is 12.2. The Hall–Kier alpha value is -1.35. The molecule has 1 N–H and O–H groups in total. The number of H-pyrrole nitrogens is 1. The first-order valence-electron chi connectivity index (χ1n) is 8.04. The van der Waals surface area contributed by atoms with E-state index in [4.69, 9.17) is 0 Å². The van der Waals surface area contributed by atoms with Gasteiger partial charge < -0.3 is 4.90 Å². The lowest BCUT2D eigenvalue weighted by molar-refractivity contribution is 0.223. The molecule has 0 bridgehead atoms. The maximum atomic E-state index is 4.27. The molecule has 1 aromatic carbocycles. The van der Waals surface area contributed by atoms with Gasteiger partial charge in [0.25, 0.3) is 0 Å². The summed E-state index contributed by atoms with van der Waals surface area (Å²) in [6.45, 7) is 5.95. The standard InChI is InChI=1S/C17H23N3/c1-2-20-7-5-13(6-8-20)15-9-14(12-3-4-12)10-17-16(15)11-18-19-17/h9-13H,2-8H2,1H3,(H,18,19). The molecule has 2 aliphatic rings. The SMILES string of the molecule is CCN1CCC(c2cc(C3CC3)cc3[nH]ncc23)CC1. The summed E-state index contributed by atoms with van der Waals surface area (Å²) < 4.78 is 0. The van der Waals surface area contributed by atoms with Crippen LogP contribution in [0.1, 0.15) is 55.6 Å². The number of aromatic amines is 1. The van der Waals surface area contributed by atoms with Crippen molar-refractivity contribution in [1.82, 2.24) is 15.1 Å². The van der Waals surface area contributed by atoms with Crippen LogP contribution in [0.2, 0.25) is 0 Å². The van der Waals surface area contributed by atoms with E-state index >= 15 is 0 Å². The van der Waals surface area contributed by atoms with Crippen molar-refractivity contribution in [3.8, 4) is 0 Å². The van der Waals surface area contributed by atoms with Crippen LogP contribution in [0, 0.1) is 0 Å². The first-order valence-corrected chi connectivity index (χ1v) is 8.04. The summed E-state index contributed by atoms with van der Waals surface area (Å²) in [4.78, 5) is 2.56. The molecule has 2 fully saturated rings. The van der Waals surface area contributed by atoms with Gasteiger partial charge in [-0.2, -0.15) is 5.10 Å². The minimum atomic E-state index is 0.719. The molecule has 20 heavy (non-hydrogen) atoms. The Morgan fingerprint density at radius 2 is 1.95 bits per heavy atom. The van der Waals surface area contributed by atoms with Crippen molar-refractivity contribution in [3.05, 3.63) is 29.5 Å². The van der Waals surface area contributed by atoms with Gasteiger partial charge in [0.05, 0.1) is 11.7 Å². The molecule has 1 saturated heterocycles. The molecular weight excluding hydrogens is 246 g/mol. The molecule has 0 amide bonds. The fourth-order valence-corrected chi connectivity index (χ4v) is 3.65. The van der Waals surface area contributed by atoms with Crippen molar-refractivity contribution < 1.29 is 0 Å². The van der Waals surface area contributed by atoms with Crippen LogP contribution in [0.25, 0.3) is 10.9 Å². The van der Waals surface area contributed by atoms with Crippen LogP contribution in [-0.2, 0) is 0 Å². The van der Waals surface area contributed by atoms with Gasteiger partial charge in [0.1, 0.15) is 0 Å². The number of benzene rings is 1. The van der Waals surface area contributed by atoms with E-state index < -0.39 is 0 Å². The minimum absolute atomic E-state index is 0.719. The fraction of sp³-hybridized carbons (Fsp3) is 0.588. The van der Waals surface area contributed by atoms with Crippen molar-refractivity contribution in [2.45, 2.75) is 44.4 Å². The minimum Gasteiger partial charge on any atom is -0.304 e. The number of fused-ring (bicyclic) bond motifs is 1. The van der Waals surface area contributed by atoms with Crippen molar-refractivity contribution in [2.75, 3.05) is 19.6 Å². The highest BCUT2D eigenvalue weighted by molar-refractivity contribution is 5.83. The van der Waals surface area contributed by atoms with E-state index in [1.807, 2.05) is 6.20 Å². The summed E-state index contributed by atoms with van der Waals surface area (Å²) >= 11 is 0. The Morgan fingerprint density at radius 3 is 2.65 bits per heavy atom. The summed E-state index contributed by atoms with van der Waals surface area (Å²) in [5.41, 5.74) is 4.32. The molecule has 106 valence electrons. The van der Waals surface area contributed by atoms with E-state index in [0.717, 1.165) is 11.8 Å². The molecular formula is C17H23N3. The molecule has 0 atom stereocenters. The summed E-state index contributed by atoms with van der Waals surface area (Å²) in [5.74, 6) is 1.54. The highest BCUT2D eigenvalue weighted by atomic mass is 15.1. The van der Waals surface area contributed by atoms with Gasteiger partial charge in [-0.3, -0.25) is 5.10 Å². The molecule has 2 aromatic rings. The first kappa shape index (κ1) is 12.4. The molecule has 3 nitrogen and oxygen atoms in total. The van der Waals surface area contributed by atoms with E-state index in [1.165, 1.54) is 61.8 Å². The number of hydrogen-bond acceptors (Lipinski definition) is 2. The van der Waals surface area contributed by atoms with Gasteiger partial charge >= 0.3 is 0 Å². The molecule has 0 radical (unpaired) electrons. The van der Waals surface area contributed by atoms with Crippen molar-refractivity contribution in [2.24, 2.45) is 0 Å². The highest BCUT2D eigenvalue weighted by Crippen LogP contribution is 2.43. The second-order valence-electron chi connectivity index (χ2n) is 6.42. The van der Waals surface area contributed by atoms with Crippen molar-refractivity contribution >= 4 is 10.9 Å². The van der Waals surface area contributed by atoms with Crippen LogP contribution in [0.15, 0.2) is 18.3 Å². The van der Waals surface area contributed by atoms with Gasteiger partial charge in [-0.15, -0.1) is 0 Å². The van der Waals surface area contributed by atoms with Crippen LogP contribution in [-0.4, -0.2) is 34.7 Å². The topological polar surface area (TPSA) is 31.9 Å². The van der Waals surface area contributed by atoms with Crippen molar-refractivity contribution in [3.63, 3.8) is 0 Å². The molecule has 3 heteroatoms. The predicted molar refractivity (Wildman–Crippen MR) is 82.2 cm³/mol. The van der Waals surface area contributed by atoms with E-state index in [9.17, 15) is 0 Å². The summed E-state index contributed by atoms with van der Waals surface area (Å²) in [7, 11) is 0. The quantitative estimate of drug-likeness (QED) is 0.922. The lowest BCUT2D eigenvalue weighted by atomic mass is 9.86. The molecule has 1 saturated carbocycles. The second-order valence-corrected chi connectivity index (χ2v) is 6.42. The van der Waals surface area contributed by atoms with Gasteiger partial charge in [-0.1, -0.05) is 13.0 Å². The van der Waals surface area contributed by atoms with Gasteiger partial charge in [0.2, 0.25) is 0 Å². The summed E-state index contributed by atoms with van der Waals surface area (Å²) in [5, 5.41) is 8.81. The lowest BCUT2D eigenvalue weighted by Gasteiger charge is -2.31. The number of rotatable bonds is 3. The van der Waals surface area contributed by atoms with Crippen LogP contribution in [0.3, 0.4) is 0 Å². The van der Waals surface area contributed by atoms with Gasteiger partial charge in [-0.25, -0.2) is 0 Å². The first-order chi connectivity index (χ1) is 9.85. The second kappa shape index (κ2) is 4.88. The fourth-order valence-electron chi connectivity index (χ4n) is 3.65. The van der Waals surface area contributed by atoms with Gasteiger partial charge in [0.15, 0.2) is 0 Å². The number of aromatic nitrogens is 2. The monoisotopic (exact) mass is 269 g/mol. The molecule has 0 unspecified atom stereocenters. The number of piperidine rings is 1. The average molecular weight is 269 g/mol. The molecule has 1 aliphatic carbocycles. The molecule has 4 rings (SSSR count). The lowest BCUT2D eigenvalue weighted by Crippen LogP contribution is -2.32. The zero-order valence-corrected chi connectivity index (χ0v) is 12.2. The van der Waals surface area contributed by atoms with E-state index in [0.29, 0.717) is 0 Å². The van der Waals surface area contributed by atoms with Crippen LogP contribution >= 0.6 is 0 Å². The number of nitrogens with zero attached hydrogens (tertiary/aromatic N) is 2. The van der Waals surface area contributed by atoms with Crippen molar-refractivity contribution in [1.29, 1.82) is 0 Å². The Morgan fingerprint density at radius 1 is 1.15 bits per heavy atom. The molecule has 1 aliphatic heterocycles. The number of hydrogen-bond donors (Lipinski definition) is 1. The van der Waals surface area contributed by atoms with E-state index in [2.05, 4.69) is 34.2 Å². The van der Waals surface area contributed by atoms with Crippen LogP contribution in [0.4, 0.5) is 0 Å². The maximum absolute atomic E-state index is 4.27. The van der Waals surface area contributed by atoms with Crippen LogP contribution < -0.4 is 0 Å². The third-order valence-electron chi connectivity index (χ3n) is 5.14.